The van der Waals surface area contributed by atoms with E-state index < -0.39 is 0 Å². The van der Waals surface area contributed by atoms with Gasteiger partial charge in [0, 0.05) is 32.0 Å². The Balaban J connectivity index is 1.38. The second-order valence-corrected chi connectivity index (χ2v) is 6.42. The van der Waals surface area contributed by atoms with Crippen molar-refractivity contribution in [3.63, 3.8) is 0 Å². The van der Waals surface area contributed by atoms with E-state index in [1.165, 1.54) is 6.07 Å². The maximum absolute atomic E-state index is 14.3. The number of nitrogens with one attached hydrogen (secondary N) is 2. The highest BCUT2D eigenvalue weighted by atomic mass is 19.1. The van der Waals surface area contributed by atoms with E-state index in [1.54, 1.807) is 6.33 Å². The number of aromatic nitrogens is 2. The van der Waals surface area contributed by atoms with Crippen LogP contribution in [0.5, 0.6) is 0 Å². The topological polar surface area (TPSA) is 65.5 Å². The summed E-state index contributed by atoms with van der Waals surface area (Å²) in [7, 11) is 0. The molecule has 0 saturated carbocycles. The van der Waals surface area contributed by atoms with Crippen LogP contribution in [0.15, 0.2) is 23.6 Å². The van der Waals surface area contributed by atoms with Crippen LogP contribution in [0.2, 0.25) is 0 Å². The first-order chi connectivity index (χ1) is 11.8. The zero-order chi connectivity index (χ0) is 16.4. The van der Waals surface area contributed by atoms with Crippen LogP contribution in [0.1, 0.15) is 25.7 Å². The van der Waals surface area contributed by atoms with Crippen molar-refractivity contribution in [3.8, 4) is 0 Å². The molecule has 0 aliphatic carbocycles. The number of H-pyrrole nitrogens is 1. The number of hydrogen-bond acceptors (Lipinski definition) is 5. The molecular weight excluding hydrogens is 309 g/mol. The van der Waals surface area contributed by atoms with E-state index in [1.807, 2.05) is 6.07 Å². The minimum absolute atomic E-state index is 0.210. The predicted octanol–water partition coefficient (Wildman–Crippen LogP) is 2.43. The summed E-state index contributed by atoms with van der Waals surface area (Å²) in [5.41, 5.74) is 3.21. The summed E-state index contributed by atoms with van der Waals surface area (Å²) in [6.07, 6.45) is 5.46. The molecule has 7 heteroatoms. The minimum atomic E-state index is -0.210. The van der Waals surface area contributed by atoms with Crippen molar-refractivity contribution in [1.29, 1.82) is 0 Å². The Bertz CT molecular complexity index is 728. The minimum Gasteiger partial charge on any atom is -0.392 e. The monoisotopic (exact) mass is 331 g/mol. The first-order valence-corrected chi connectivity index (χ1v) is 8.59. The number of fused-ring (bicyclic) bond motifs is 1. The first-order valence-electron chi connectivity index (χ1n) is 8.59. The van der Waals surface area contributed by atoms with E-state index in [9.17, 15) is 4.39 Å². The van der Waals surface area contributed by atoms with E-state index in [0.29, 0.717) is 5.69 Å². The van der Waals surface area contributed by atoms with Gasteiger partial charge in [-0.05, 0) is 32.0 Å². The second kappa shape index (κ2) is 6.76. The van der Waals surface area contributed by atoms with Crippen LogP contribution in [-0.4, -0.2) is 48.0 Å². The van der Waals surface area contributed by atoms with Gasteiger partial charge in [0.15, 0.2) is 0 Å². The van der Waals surface area contributed by atoms with Crippen molar-refractivity contribution >= 4 is 22.4 Å². The van der Waals surface area contributed by atoms with Gasteiger partial charge >= 0.3 is 0 Å². The summed E-state index contributed by atoms with van der Waals surface area (Å²) in [5.74, 6) is -0.210. The molecule has 2 aliphatic rings. The number of aromatic amines is 1. The lowest BCUT2D eigenvalue weighted by Crippen LogP contribution is -2.35. The van der Waals surface area contributed by atoms with Gasteiger partial charge in [0.05, 0.1) is 28.8 Å². The molecule has 2 aliphatic heterocycles. The SMILES string of the molecule is Fc1cc2[nH]cnc2cc1N1CCC(=NOC2CCNCC2)CC1. The van der Waals surface area contributed by atoms with Crippen LogP contribution >= 0.6 is 0 Å². The van der Waals surface area contributed by atoms with Crippen molar-refractivity contribution in [3.05, 3.63) is 24.3 Å². The highest BCUT2D eigenvalue weighted by Gasteiger charge is 2.20. The van der Waals surface area contributed by atoms with Gasteiger partial charge < -0.3 is 20.0 Å². The van der Waals surface area contributed by atoms with E-state index in [4.69, 9.17) is 4.84 Å². The van der Waals surface area contributed by atoms with Gasteiger partial charge in [0.1, 0.15) is 11.9 Å². The van der Waals surface area contributed by atoms with Crippen molar-refractivity contribution in [2.75, 3.05) is 31.1 Å². The van der Waals surface area contributed by atoms with Crippen LogP contribution in [-0.2, 0) is 4.84 Å². The number of halogens is 1. The van der Waals surface area contributed by atoms with Crippen LogP contribution in [0.3, 0.4) is 0 Å². The Hall–Kier alpha value is -2.15. The Morgan fingerprint density at radius 1 is 1.21 bits per heavy atom. The Morgan fingerprint density at radius 3 is 2.79 bits per heavy atom. The van der Waals surface area contributed by atoms with Gasteiger partial charge in [-0.1, -0.05) is 5.16 Å². The van der Waals surface area contributed by atoms with E-state index >= 15 is 0 Å². The maximum atomic E-state index is 14.3. The molecular formula is C17H22FN5O. The van der Waals surface area contributed by atoms with Gasteiger partial charge in [0.25, 0.3) is 0 Å². The van der Waals surface area contributed by atoms with Gasteiger partial charge in [-0.3, -0.25) is 0 Å². The largest absolute Gasteiger partial charge is 0.392 e. The fourth-order valence-corrected chi connectivity index (χ4v) is 3.33. The third kappa shape index (κ3) is 3.21. The number of piperidine rings is 2. The summed E-state index contributed by atoms with van der Waals surface area (Å²) in [6, 6.07) is 3.33. The van der Waals surface area contributed by atoms with E-state index in [2.05, 4.69) is 25.3 Å². The number of oxime groups is 1. The number of rotatable bonds is 3. The molecule has 6 nitrogen and oxygen atoms in total. The van der Waals surface area contributed by atoms with Crippen molar-refractivity contribution < 1.29 is 9.23 Å². The molecule has 0 unspecified atom stereocenters. The molecule has 2 saturated heterocycles. The zero-order valence-electron chi connectivity index (χ0n) is 13.6. The Morgan fingerprint density at radius 2 is 2.00 bits per heavy atom. The quantitative estimate of drug-likeness (QED) is 0.848. The van der Waals surface area contributed by atoms with Gasteiger partial charge in [-0.15, -0.1) is 0 Å². The third-order valence-corrected chi connectivity index (χ3v) is 4.79. The summed E-state index contributed by atoms with van der Waals surface area (Å²) in [5, 5.41) is 7.66. The second-order valence-electron chi connectivity index (χ2n) is 6.42. The van der Waals surface area contributed by atoms with Gasteiger partial charge in [-0.2, -0.15) is 0 Å². The normalized spacial score (nSPS) is 19.7. The van der Waals surface area contributed by atoms with Crippen molar-refractivity contribution in [2.45, 2.75) is 31.8 Å². The van der Waals surface area contributed by atoms with E-state index in [0.717, 1.165) is 68.6 Å². The number of imidazole rings is 1. The molecule has 0 radical (unpaired) electrons. The molecule has 4 rings (SSSR count). The zero-order valence-corrected chi connectivity index (χ0v) is 13.6. The standard InChI is InChI=1S/C17H22FN5O/c18-14-9-15-16(21-11-20-15)10-17(14)23-7-3-12(4-8-23)22-24-13-1-5-19-6-2-13/h9-11,13,19H,1-8H2,(H,20,21). The fraction of sp³-hybridized carbons (Fsp3) is 0.529. The van der Waals surface area contributed by atoms with Crippen molar-refractivity contribution in [2.24, 2.45) is 5.16 Å². The van der Waals surface area contributed by atoms with Crippen LogP contribution in [0.4, 0.5) is 10.1 Å². The highest BCUT2D eigenvalue weighted by Crippen LogP contribution is 2.26. The molecule has 1 aromatic heterocycles. The number of nitrogens with zero attached hydrogens (tertiary/aromatic N) is 3. The molecule has 0 atom stereocenters. The Kier molecular flexibility index (Phi) is 4.34. The molecule has 2 fully saturated rings. The molecule has 1 aromatic carbocycles. The van der Waals surface area contributed by atoms with Gasteiger partial charge in [-0.25, -0.2) is 9.37 Å². The lowest BCUT2D eigenvalue weighted by molar-refractivity contribution is 0.0368. The molecule has 0 bridgehead atoms. The highest BCUT2D eigenvalue weighted by molar-refractivity contribution is 5.87. The molecule has 0 spiro atoms. The van der Waals surface area contributed by atoms with E-state index in [-0.39, 0.29) is 11.9 Å². The van der Waals surface area contributed by atoms with Crippen LogP contribution < -0.4 is 10.2 Å². The summed E-state index contributed by atoms with van der Waals surface area (Å²) >= 11 is 0. The summed E-state index contributed by atoms with van der Waals surface area (Å²) in [6.45, 7) is 3.50. The average Bonchev–Trinajstić information content (AvgIpc) is 3.08. The molecule has 2 aromatic rings. The molecule has 24 heavy (non-hydrogen) atoms. The van der Waals surface area contributed by atoms with Crippen molar-refractivity contribution in [1.82, 2.24) is 15.3 Å². The lowest BCUT2D eigenvalue weighted by Gasteiger charge is -2.30. The van der Waals surface area contributed by atoms with Crippen LogP contribution in [0.25, 0.3) is 11.0 Å². The average molecular weight is 331 g/mol. The smallest absolute Gasteiger partial charge is 0.148 e. The first kappa shape index (κ1) is 15.4. The number of hydrogen-bond donors (Lipinski definition) is 2. The number of benzene rings is 1. The predicted molar refractivity (Wildman–Crippen MR) is 91.9 cm³/mol. The van der Waals surface area contributed by atoms with Crippen LogP contribution in [0, 0.1) is 5.82 Å². The summed E-state index contributed by atoms with van der Waals surface area (Å²) < 4.78 is 14.3. The third-order valence-electron chi connectivity index (χ3n) is 4.79. The molecule has 0 amide bonds. The lowest BCUT2D eigenvalue weighted by atomic mass is 10.1. The molecule has 2 N–H and O–H groups in total. The maximum Gasteiger partial charge on any atom is 0.148 e. The Labute approximate surface area is 140 Å². The fourth-order valence-electron chi connectivity index (χ4n) is 3.33. The summed E-state index contributed by atoms with van der Waals surface area (Å²) in [4.78, 5) is 14.9. The molecule has 128 valence electrons. The molecule has 3 heterocycles. The number of anilines is 1. The van der Waals surface area contributed by atoms with Gasteiger partial charge in [0.2, 0.25) is 0 Å².